The number of pyridine rings is 1. The number of anilines is 2. The summed E-state index contributed by atoms with van der Waals surface area (Å²) in [5, 5.41) is 4.60. The minimum absolute atomic E-state index is 0.502. The van der Waals surface area contributed by atoms with Crippen molar-refractivity contribution < 1.29 is 0 Å². The third-order valence-electron chi connectivity index (χ3n) is 8.11. The number of rotatable bonds is 5. The number of nitrogen functional groups attached to an aromatic ring is 1. The highest BCUT2D eigenvalue weighted by molar-refractivity contribution is 5.86. The fourth-order valence-electron chi connectivity index (χ4n) is 6.01. The Hall–Kier alpha value is -3.19. The summed E-state index contributed by atoms with van der Waals surface area (Å²) in [6.45, 7) is 1.09. The zero-order chi connectivity index (χ0) is 22.6. The Balaban J connectivity index is 1.04. The first-order chi connectivity index (χ1) is 16.7. The van der Waals surface area contributed by atoms with Gasteiger partial charge in [-0.2, -0.15) is 0 Å². The van der Waals surface area contributed by atoms with Crippen LogP contribution in [-0.4, -0.2) is 37.1 Å². The summed E-state index contributed by atoms with van der Waals surface area (Å²) in [6, 6.07) is 12.5. The Kier molecular flexibility index (Phi) is 4.72. The monoisotopic (exact) mass is 453 g/mol. The van der Waals surface area contributed by atoms with Gasteiger partial charge in [0.1, 0.15) is 23.6 Å². The van der Waals surface area contributed by atoms with Gasteiger partial charge in [0, 0.05) is 30.2 Å². The molecule has 0 radical (unpaired) electrons. The molecule has 34 heavy (non-hydrogen) atoms. The summed E-state index contributed by atoms with van der Waals surface area (Å²) < 4.78 is 2.31. The van der Waals surface area contributed by atoms with Crippen LogP contribution in [0.3, 0.4) is 0 Å². The topological polar surface area (TPSA) is 84.9 Å². The zero-order valence-corrected chi connectivity index (χ0v) is 19.5. The van der Waals surface area contributed by atoms with Gasteiger partial charge in [0.05, 0.1) is 10.9 Å². The van der Waals surface area contributed by atoms with Crippen molar-refractivity contribution in [3.8, 4) is 0 Å². The lowest BCUT2D eigenvalue weighted by molar-refractivity contribution is 0.310. The van der Waals surface area contributed by atoms with Gasteiger partial charge in [0.25, 0.3) is 0 Å². The normalized spacial score (nSPS) is 22.8. The number of fused-ring (bicyclic) bond motifs is 3. The lowest BCUT2D eigenvalue weighted by atomic mass is 9.97. The van der Waals surface area contributed by atoms with Crippen molar-refractivity contribution in [1.82, 2.24) is 24.5 Å². The lowest BCUT2D eigenvalue weighted by Gasteiger charge is -2.29. The van der Waals surface area contributed by atoms with Crippen LogP contribution in [-0.2, 0) is 12.8 Å². The van der Waals surface area contributed by atoms with E-state index in [1.165, 1.54) is 55.0 Å². The molecule has 174 valence electrons. The van der Waals surface area contributed by atoms with E-state index in [4.69, 9.17) is 10.7 Å². The van der Waals surface area contributed by atoms with E-state index >= 15 is 0 Å². The van der Waals surface area contributed by atoms with Crippen LogP contribution in [0.2, 0.25) is 0 Å². The van der Waals surface area contributed by atoms with Crippen LogP contribution < -0.4 is 11.2 Å². The van der Waals surface area contributed by atoms with Gasteiger partial charge in [-0.05, 0) is 86.6 Å². The molecule has 0 bridgehead atoms. The van der Waals surface area contributed by atoms with Gasteiger partial charge in [0.15, 0.2) is 0 Å². The molecule has 2 atom stereocenters. The van der Waals surface area contributed by atoms with E-state index in [1.807, 2.05) is 0 Å². The van der Waals surface area contributed by atoms with Crippen molar-refractivity contribution >= 4 is 33.6 Å². The van der Waals surface area contributed by atoms with Crippen molar-refractivity contribution in [3.05, 3.63) is 54.0 Å². The maximum atomic E-state index is 6.03. The third-order valence-corrected chi connectivity index (χ3v) is 8.11. The Bertz CT molecular complexity index is 1370. The number of hydrogen-bond donors (Lipinski definition) is 2. The van der Waals surface area contributed by atoms with Crippen LogP contribution >= 0.6 is 0 Å². The minimum atomic E-state index is 0.502. The van der Waals surface area contributed by atoms with E-state index in [2.05, 4.69) is 61.5 Å². The predicted octanol–water partition coefficient (Wildman–Crippen LogP) is 4.88. The first-order valence-corrected chi connectivity index (χ1v) is 12.7. The number of hydrazine groups is 1. The molecule has 4 heterocycles. The van der Waals surface area contributed by atoms with Crippen LogP contribution in [0.5, 0.6) is 0 Å². The predicted molar refractivity (Wildman–Crippen MR) is 135 cm³/mol. The van der Waals surface area contributed by atoms with E-state index in [1.54, 1.807) is 6.33 Å². The van der Waals surface area contributed by atoms with Crippen LogP contribution in [0.25, 0.3) is 21.9 Å². The Morgan fingerprint density at radius 2 is 1.94 bits per heavy atom. The Morgan fingerprint density at radius 3 is 2.85 bits per heavy atom. The van der Waals surface area contributed by atoms with Crippen LogP contribution in [0.15, 0.2) is 42.9 Å². The molecule has 7 rings (SSSR count). The van der Waals surface area contributed by atoms with E-state index < -0.39 is 0 Å². The molecular weight excluding hydrogens is 422 g/mol. The standard InChI is InChI=1S/C27H31N7/c28-25-23-10-11-33(27(23)30-16-29-25)22-6-4-17(13-22)1-2-18-3-5-19-15-20-9-12-34(21-7-8-21)32-26(20)31-24(19)14-18/h3,5,10-11,14-17,21-22H,1-2,4,6-9,12-13H2,(H,31,32)(H2,28,29,30). The van der Waals surface area contributed by atoms with Crippen LogP contribution in [0.1, 0.15) is 55.7 Å². The molecule has 1 aliphatic heterocycles. The molecule has 3 aliphatic rings. The number of nitrogens with one attached hydrogen (secondary N) is 1. The van der Waals surface area contributed by atoms with Crippen molar-refractivity contribution in [1.29, 1.82) is 0 Å². The van der Waals surface area contributed by atoms with Gasteiger partial charge >= 0.3 is 0 Å². The third kappa shape index (κ3) is 3.59. The quantitative estimate of drug-likeness (QED) is 0.448. The second kappa shape index (κ2) is 7.94. The summed E-state index contributed by atoms with van der Waals surface area (Å²) in [6.07, 6.45) is 13.4. The number of nitrogens with zero attached hydrogens (tertiary/aromatic N) is 5. The lowest BCUT2D eigenvalue weighted by Crippen LogP contribution is -2.38. The first-order valence-electron chi connectivity index (χ1n) is 12.7. The maximum Gasteiger partial charge on any atom is 0.145 e. The molecule has 4 aromatic rings. The van der Waals surface area contributed by atoms with Gasteiger partial charge in [-0.25, -0.2) is 20.0 Å². The van der Waals surface area contributed by atoms with E-state index in [-0.39, 0.29) is 0 Å². The summed E-state index contributed by atoms with van der Waals surface area (Å²) in [5.41, 5.74) is 14.4. The fourth-order valence-corrected chi connectivity index (χ4v) is 6.01. The van der Waals surface area contributed by atoms with Crippen LogP contribution in [0.4, 0.5) is 11.6 Å². The molecule has 2 aliphatic carbocycles. The maximum absolute atomic E-state index is 6.03. The second-order valence-electron chi connectivity index (χ2n) is 10.4. The van der Waals surface area contributed by atoms with E-state index in [9.17, 15) is 0 Å². The fraction of sp³-hybridized carbons (Fsp3) is 0.444. The molecule has 0 spiro atoms. The smallest absolute Gasteiger partial charge is 0.145 e. The Morgan fingerprint density at radius 1 is 1.03 bits per heavy atom. The summed E-state index contributed by atoms with van der Waals surface area (Å²) >= 11 is 0. The number of benzene rings is 1. The average molecular weight is 454 g/mol. The highest BCUT2D eigenvalue weighted by Crippen LogP contribution is 2.39. The SMILES string of the molecule is Nc1ncnc2c1ccn2C1CCC(CCc2ccc3cc4c(nc3c2)NN(C2CC2)CC4)C1. The van der Waals surface area contributed by atoms with Crippen molar-refractivity contribution in [2.75, 3.05) is 17.7 Å². The first kappa shape index (κ1) is 20.2. The van der Waals surface area contributed by atoms with Crippen LogP contribution in [0, 0.1) is 5.92 Å². The van der Waals surface area contributed by atoms with Gasteiger partial charge in [-0.3, -0.25) is 0 Å². The molecule has 2 saturated carbocycles. The molecule has 2 fully saturated rings. The number of aryl methyl sites for hydroxylation is 1. The molecule has 0 saturated heterocycles. The molecule has 2 unspecified atom stereocenters. The van der Waals surface area contributed by atoms with Crippen molar-refractivity contribution in [2.24, 2.45) is 5.92 Å². The van der Waals surface area contributed by atoms with Gasteiger partial charge in [-0.15, -0.1) is 0 Å². The molecule has 0 amide bonds. The Labute approximate surface area is 199 Å². The highest BCUT2D eigenvalue weighted by Gasteiger charge is 2.32. The summed E-state index contributed by atoms with van der Waals surface area (Å²) in [7, 11) is 0. The largest absolute Gasteiger partial charge is 0.383 e. The van der Waals surface area contributed by atoms with E-state index in [0.29, 0.717) is 17.9 Å². The molecule has 3 aromatic heterocycles. The summed E-state index contributed by atoms with van der Waals surface area (Å²) in [5.74, 6) is 2.37. The molecule has 7 heteroatoms. The number of nitrogens with two attached hydrogens (primary N) is 1. The molecule has 7 nitrogen and oxygen atoms in total. The van der Waals surface area contributed by atoms with Gasteiger partial charge < -0.3 is 15.7 Å². The van der Waals surface area contributed by atoms with Crippen molar-refractivity contribution in [3.63, 3.8) is 0 Å². The minimum Gasteiger partial charge on any atom is -0.383 e. The van der Waals surface area contributed by atoms with Gasteiger partial charge in [0.2, 0.25) is 0 Å². The molecule has 3 N–H and O–H groups in total. The van der Waals surface area contributed by atoms with Gasteiger partial charge in [-0.1, -0.05) is 12.1 Å². The zero-order valence-electron chi connectivity index (χ0n) is 19.5. The highest BCUT2D eigenvalue weighted by atomic mass is 15.5. The molecular formula is C27H31N7. The number of hydrogen-bond acceptors (Lipinski definition) is 6. The second-order valence-corrected chi connectivity index (χ2v) is 10.4. The summed E-state index contributed by atoms with van der Waals surface area (Å²) in [4.78, 5) is 13.6. The van der Waals surface area contributed by atoms with Crippen molar-refractivity contribution in [2.45, 2.75) is 63.5 Å². The molecule has 1 aromatic carbocycles. The van der Waals surface area contributed by atoms with E-state index in [0.717, 1.165) is 47.7 Å². The average Bonchev–Trinajstić information content (AvgIpc) is 3.44. The number of aromatic nitrogens is 4.